The van der Waals surface area contributed by atoms with Crippen molar-refractivity contribution in [2.45, 2.75) is 45.3 Å². The van der Waals surface area contributed by atoms with Gasteiger partial charge in [0.1, 0.15) is 0 Å². The first-order valence-electron chi connectivity index (χ1n) is 9.09. The minimum atomic E-state index is -0.391. The van der Waals surface area contributed by atoms with E-state index in [2.05, 4.69) is 69.6 Å². The van der Waals surface area contributed by atoms with E-state index < -0.39 is 7.12 Å². The maximum Gasteiger partial charge on any atom is 0.495 e. The molecule has 0 saturated carbocycles. The minimum absolute atomic E-state index is 0.364. The third kappa shape index (κ3) is 2.65. The summed E-state index contributed by atoms with van der Waals surface area (Å²) in [5, 5.41) is 3.36. The van der Waals surface area contributed by atoms with Gasteiger partial charge >= 0.3 is 7.12 Å². The van der Waals surface area contributed by atoms with Gasteiger partial charge in [-0.1, -0.05) is 30.3 Å². The van der Waals surface area contributed by atoms with Gasteiger partial charge in [0.25, 0.3) is 0 Å². The van der Waals surface area contributed by atoms with E-state index in [1.807, 2.05) is 18.3 Å². The molecule has 3 nitrogen and oxygen atoms in total. The summed E-state index contributed by atoms with van der Waals surface area (Å²) in [4.78, 5) is 4.63. The van der Waals surface area contributed by atoms with Gasteiger partial charge < -0.3 is 9.31 Å². The average Bonchev–Trinajstić information content (AvgIpc) is 2.82. The number of benzene rings is 2. The largest absolute Gasteiger partial charge is 0.495 e. The molecule has 26 heavy (non-hydrogen) atoms. The molecule has 0 N–H and O–H groups in total. The second-order valence-corrected chi connectivity index (χ2v) is 8.00. The van der Waals surface area contributed by atoms with Crippen LogP contribution in [0.15, 0.2) is 55.3 Å². The zero-order chi connectivity index (χ0) is 18.5. The smallest absolute Gasteiger partial charge is 0.399 e. The van der Waals surface area contributed by atoms with Gasteiger partial charge in [-0.25, -0.2) is 0 Å². The number of rotatable bonds is 3. The molecule has 2 heterocycles. The summed E-state index contributed by atoms with van der Waals surface area (Å²) >= 11 is 0. The molecule has 0 radical (unpaired) electrons. The van der Waals surface area contributed by atoms with E-state index in [1.165, 1.54) is 5.56 Å². The first-order chi connectivity index (χ1) is 12.3. The molecule has 0 atom stereocenters. The zero-order valence-electron chi connectivity index (χ0n) is 15.9. The summed E-state index contributed by atoms with van der Waals surface area (Å²) < 4.78 is 12.7. The number of hydrogen-bond donors (Lipinski definition) is 0. The zero-order valence-corrected chi connectivity index (χ0v) is 15.9. The minimum Gasteiger partial charge on any atom is -0.399 e. The molecular weight excluding hydrogens is 321 g/mol. The highest BCUT2D eigenvalue weighted by atomic mass is 16.7. The summed E-state index contributed by atoms with van der Waals surface area (Å²) in [6.45, 7) is 12.2. The van der Waals surface area contributed by atoms with Crippen LogP contribution in [0.4, 0.5) is 0 Å². The highest BCUT2D eigenvalue weighted by molar-refractivity contribution is 6.65. The normalized spacial score (nSPS) is 18.5. The van der Waals surface area contributed by atoms with E-state index in [0.717, 1.165) is 33.6 Å². The Kier molecular flexibility index (Phi) is 3.94. The Balaban J connectivity index is 1.96. The van der Waals surface area contributed by atoms with Gasteiger partial charge in [0.05, 0.1) is 16.7 Å². The maximum absolute atomic E-state index is 6.33. The first-order valence-corrected chi connectivity index (χ1v) is 9.09. The van der Waals surface area contributed by atoms with Crippen LogP contribution in [0.1, 0.15) is 33.3 Å². The van der Waals surface area contributed by atoms with Crippen LogP contribution in [0.3, 0.4) is 0 Å². The lowest BCUT2D eigenvalue weighted by Gasteiger charge is -2.32. The first kappa shape index (κ1) is 17.3. The summed E-state index contributed by atoms with van der Waals surface area (Å²) in [7, 11) is -0.391. The van der Waals surface area contributed by atoms with Crippen molar-refractivity contribution in [1.82, 2.24) is 4.98 Å². The lowest BCUT2D eigenvalue weighted by atomic mass is 9.75. The molecule has 0 spiro atoms. The van der Waals surface area contributed by atoms with E-state index in [9.17, 15) is 0 Å². The van der Waals surface area contributed by atoms with Crippen molar-refractivity contribution in [1.29, 1.82) is 0 Å². The van der Waals surface area contributed by atoms with Crippen molar-refractivity contribution in [3.63, 3.8) is 0 Å². The number of nitrogens with zero attached hydrogens (tertiary/aromatic N) is 1. The number of pyridine rings is 1. The molecular formula is C22H24BNO2. The average molecular weight is 345 g/mol. The van der Waals surface area contributed by atoms with Crippen LogP contribution in [0.2, 0.25) is 0 Å². The molecule has 1 fully saturated rings. The predicted molar refractivity (Wildman–Crippen MR) is 109 cm³/mol. The molecule has 0 bridgehead atoms. The highest BCUT2D eigenvalue weighted by Crippen LogP contribution is 2.37. The standard InChI is InChI=1S/C22H24BNO2/c1-6-8-15-10-11-17-18(13-15)20-16(9-7-12-24-20)14-19(17)23-25-21(2,3)22(4,5)26-23/h6-7,9-14H,1,8H2,2-5H3. The van der Waals surface area contributed by atoms with Gasteiger partial charge in [-0.2, -0.15) is 0 Å². The monoisotopic (exact) mass is 345 g/mol. The van der Waals surface area contributed by atoms with Crippen LogP contribution in [-0.4, -0.2) is 23.3 Å². The highest BCUT2D eigenvalue weighted by Gasteiger charge is 2.52. The van der Waals surface area contributed by atoms with E-state index in [1.54, 1.807) is 0 Å². The molecule has 1 aliphatic rings. The van der Waals surface area contributed by atoms with Crippen molar-refractivity contribution in [2.75, 3.05) is 0 Å². The van der Waals surface area contributed by atoms with Gasteiger partial charge in [-0.3, -0.25) is 4.98 Å². The van der Waals surface area contributed by atoms with Crippen molar-refractivity contribution in [2.24, 2.45) is 0 Å². The SMILES string of the molecule is C=CCc1ccc2c(B3OC(C)(C)C(C)(C)O3)cc3cccnc3c2c1. The van der Waals surface area contributed by atoms with Gasteiger partial charge in [0.15, 0.2) is 0 Å². The van der Waals surface area contributed by atoms with Crippen molar-refractivity contribution < 1.29 is 9.31 Å². The van der Waals surface area contributed by atoms with Crippen LogP contribution < -0.4 is 5.46 Å². The Morgan fingerprint density at radius 2 is 1.77 bits per heavy atom. The maximum atomic E-state index is 6.33. The number of allylic oxidation sites excluding steroid dienone is 1. The fourth-order valence-electron chi connectivity index (χ4n) is 3.50. The Morgan fingerprint density at radius 1 is 1.04 bits per heavy atom. The molecule has 2 aromatic carbocycles. The number of aromatic nitrogens is 1. The van der Waals surface area contributed by atoms with Crippen LogP contribution in [0.25, 0.3) is 21.7 Å². The lowest BCUT2D eigenvalue weighted by Crippen LogP contribution is -2.41. The van der Waals surface area contributed by atoms with E-state index in [4.69, 9.17) is 9.31 Å². The van der Waals surface area contributed by atoms with Gasteiger partial charge in [0, 0.05) is 17.0 Å². The van der Waals surface area contributed by atoms with Crippen LogP contribution >= 0.6 is 0 Å². The molecule has 0 unspecified atom stereocenters. The molecule has 1 aromatic heterocycles. The lowest BCUT2D eigenvalue weighted by molar-refractivity contribution is 0.00578. The van der Waals surface area contributed by atoms with E-state index >= 15 is 0 Å². The van der Waals surface area contributed by atoms with Crippen LogP contribution in [-0.2, 0) is 15.7 Å². The fraction of sp³-hybridized carbons (Fsp3) is 0.318. The van der Waals surface area contributed by atoms with E-state index in [-0.39, 0.29) is 11.2 Å². The molecule has 0 aliphatic carbocycles. The predicted octanol–water partition coefficient (Wildman–Crippen LogP) is 4.42. The summed E-state index contributed by atoms with van der Waals surface area (Å²) in [5.74, 6) is 0. The van der Waals surface area contributed by atoms with Gasteiger partial charge in [0.2, 0.25) is 0 Å². The van der Waals surface area contributed by atoms with E-state index in [0.29, 0.717) is 0 Å². The Bertz CT molecular complexity index is 994. The quantitative estimate of drug-likeness (QED) is 0.400. The third-order valence-corrected chi connectivity index (χ3v) is 5.69. The Hall–Kier alpha value is -2.17. The van der Waals surface area contributed by atoms with Crippen molar-refractivity contribution in [3.05, 3.63) is 60.8 Å². The Labute approximate surface area is 155 Å². The fourth-order valence-corrected chi connectivity index (χ4v) is 3.50. The second kappa shape index (κ2) is 5.93. The molecule has 1 saturated heterocycles. The number of fused-ring (bicyclic) bond motifs is 3. The molecule has 3 aromatic rings. The Morgan fingerprint density at radius 3 is 2.46 bits per heavy atom. The third-order valence-electron chi connectivity index (χ3n) is 5.69. The molecule has 4 rings (SSSR count). The number of hydrogen-bond acceptors (Lipinski definition) is 3. The van der Waals surface area contributed by atoms with Crippen molar-refractivity contribution >= 4 is 34.3 Å². The topological polar surface area (TPSA) is 31.4 Å². The van der Waals surface area contributed by atoms with Crippen LogP contribution in [0.5, 0.6) is 0 Å². The van der Waals surface area contributed by atoms with Crippen LogP contribution in [0, 0.1) is 0 Å². The summed E-state index contributed by atoms with van der Waals surface area (Å²) in [6.07, 6.45) is 4.61. The molecule has 1 aliphatic heterocycles. The summed E-state index contributed by atoms with van der Waals surface area (Å²) in [6, 6.07) is 12.7. The van der Waals surface area contributed by atoms with Crippen molar-refractivity contribution in [3.8, 4) is 0 Å². The molecule has 0 amide bonds. The summed E-state index contributed by atoms with van der Waals surface area (Å²) in [5.41, 5.74) is 2.57. The molecule has 4 heteroatoms. The van der Waals surface area contributed by atoms with Gasteiger partial charge in [-0.05, 0) is 62.7 Å². The molecule has 132 valence electrons. The van der Waals surface area contributed by atoms with Gasteiger partial charge in [-0.15, -0.1) is 6.58 Å². The second-order valence-electron chi connectivity index (χ2n) is 8.00.